The Hall–Kier alpha value is -2.49. The molecule has 7 nitrogen and oxygen atoms in total. The number of methoxy groups -OCH3 is 2. The predicted molar refractivity (Wildman–Crippen MR) is 116 cm³/mol. The van der Waals surface area contributed by atoms with Crippen LogP contribution >= 0.6 is 11.3 Å². The zero-order valence-electron chi connectivity index (χ0n) is 16.8. The smallest absolute Gasteiger partial charge is 0.243 e. The van der Waals surface area contributed by atoms with Crippen molar-refractivity contribution in [3.8, 4) is 22.1 Å². The van der Waals surface area contributed by atoms with Crippen LogP contribution in [0.3, 0.4) is 0 Å². The maximum Gasteiger partial charge on any atom is 0.243 e. The summed E-state index contributed by atoms with van der Waals surface area (Å²) in [4.78, 5) is 0.278. The van der Waals surface area contributed by atoms with Crippen molar-refractivity contribution in [3.63, 3.8) is 0 Å². The molecule has 1 aliphatic heterocycles. The van der Waals surface area contributed by atoms with Gasteiger partial charge in [0, 0.05) is 24.6 Å². The van der Waals surface area contributed by atoms with Crippen LogP contribution in [0, 0.1) is 0 Å². The molecule has 30 heavy (non-hydrogen) atoms. The molecule has 0 spiro atoms. The van der Waals surface area contributed by atoms with E-state index in [-0.39, 0.29) is 10.8 Å². The maximum absolute atomic E-state index is 13.1. The molecule has 158 valence electrons. The van der Waals surface area contributed by atoms with E-state index in [1.165, 1.54) is 11.3 Å². The first-order valence-electron chi connectivity index (χ1n) is 9.63. The lowest BCUT2D eigenvalue weighted by atomic mass is 10.0. The van der Waals surface area contributed by atoms with Crippen LogP contribution in [0.25, 0.3) is 10.6 Å². The number of benzene rings is 2. The lowest BCUT2D eigenvalue weighted by molar-refractivity contribution is 0.314. The van der Waals surface area contributed by atoms with Crippen molar-refractivity contribution in [3.05, 3.63) is 53.5 Å². The molecular formula is C21H23N3O4S2. The fourth-order valence-electron chi connectivity index (χ4n) is 3.51. The minimum absolute atomic E-state index is 0.0382. The number of sulfonamides is 1. The highest BCUT2D eigenvalue weighted by Crippen LogP contribution is 2.35. The summed E-state index contributed by atoms with van der Waals surface area (Å²) in [6.07, 6.45) is 1.68. The van der Waals surface area contributed by atoms with Gasteiger partial charge >= 0.3 is 0 Å². The molecule has 4 rings (SSSR count). The van der Waals surface area contributed by atoms with Crippen molar-refractivity contribution < 1.29 is 17.9 Å². The van der Waals surface area contributed by atoms with Gasteiger partial charge in [-0.3, -0.25) is 0 Å². The normalized spacial score (nSPS) is 17.6. The largest absolute Gasteiger partial charge is 0.497 e. The summed E-state index contributed by atoms with van der Waals surface area (Å²) in [5.41, 5.74) is 0.970. The molecule has 9 heteroatoms. The standard InChI is InChI=1S/C21H23N3O4S2/c1-27-17-7-5-15(6-8-17)20-22-23-21(29-20)16-4-3-13-24(14-16)30(25,26)19-11-9-18(28-2)10-12-19/h5-12,16H,3-4,13-14H2,1-2H3/t16-/m0/s1. The van der Waals surface area contributed by atoms with Crippen molar-refractivity contribution in [2.24, 2.45) is 0 Å². The minimum atomic E-state index is -3.56. The molecule has 2 aromatic carbocycles. The van der Waals surface area contributed by atoms with Gasteiger partial charge in [-0.15, -0.1) is 10.2 Å². The van der Waals surface area contributed by atoms with E-state index in [2.05, 4.69) is 10.2 Å². The van der Waals surface area contributed by atoms with Gasteiger partial charge in [-0.05, 0) is 61.4 Å². The Morgan fingerprint density at radius 1 is 0.967 bits per heavy atom. The van der Waals surface area contributed by atoms with Crippen molar-refractivity contribution >= 4 is 21.4 Å². The average Bonchev–Trinajstić information content (AvgIpc) is 3.29. The SMILES string of the molecule is COc1ccc(-c2nnc([C@H]3CCCN(S(=O)(=O)c4ccc(OC)cc4)C3)s2)cc1. The number of piperidine rings is 1. The molecule has 1 atom stereocenters. The minimum Gasteiger partial charge on any atom is -0.497 e. The fraction of sp³-hybridized carbons (Fsp3) is 0.333. The molecule has 0 saturated carbocycles. The quantitative estimate of drug-likeness (QED) is 0.574. The number of rotatable bonds is 6. The van der Waals surface area contributed by atoms with Gasteiger partial charge in [-0.25, -0.2) is 8.42 Å². The van der Waals surface area contributed by atoms with E-state index in [0.717, 1.165) is 34.2 Å². The van der Waals surface area contributed by atoms with E-state index in [4.69, 9.17) is 9.47 Å². The van der Waals surface area contributed by atoms with Crippen molar-refractivity contribution in [1.29, 1.82) is 0 Å². The number of hydrogen-bond acceptors (Lipinski definition) is 7. The Labute approximate surface area is 180 Å². The second kappa shape index (κ2) is 8.71. The number of ether oxygens (including phenoxy) is 2. The Balaban J connectivity index is 1.51. The highest BCUT2D eigenvalue weighted by Gasteiger charge is 2.32. The van der Waals surface area contributed by atoms with E-state index >= 15 is 0 Å². The van der Waals surface area contributed by atoms with Gasteiger partial charge in [0.15, 0.2) is 0 Å². The van der Waals surface area contributed by atoms with Crippen molar-refractivity contribution in [2.75, 3.05) is 27.3 Å². The first-order chi connectivity index (χ1) is 14.5. The summed E-state index contributed by atoms with van der Waals surface area (Å²) < 4.78 is 38.1. The fourth-order valence-corrected chi connectivity index (χ4v) is 6.01. The summed E-state index contributed by atoms with van der Waals surface area (Å²) in [5, 5.41) is 10.4. The van der Waals surface area contributed by atoms with E-state index in [1.54, 1.807) is 42.8 Å². The zero-order chi connectivity index (χ0) is 21.1. The van der Waals surface area contributed by atoms with Crippen LogP contribution in [0.15, 0.2) is 53.4 Å². The molecule has 0 radical (unpaired) electrons. The molecule has 0 aliphatic carbocycles. The number of nitrogens with zero attached hydrogens (tertiary/aromatic N) is 3. The topological polar surface area (TPSA) is 81.6 Å². The Morgan fingerprint density at radius 3 is 2.23 bits per heavy atom. The third-order valence-corrected chi connectivity index (χ3v) is 8.22. The van der Waals surface area contributed by atoms with Crippen LogP contribution in [0.2, 0.25) is 0 Å². The molecule has 0 unspecified atom stereocenters. The Bertz CT molecular complexity index is 1100. The van der Waals surface area contributed by atoms with E-state index in [1.807, 2.05) is 24.3 Å². The molecular weight excluding hydrogens is 422 g/mol. The molecule has 0 amide bonds. The van der Waals surface area contributed by atoms with Gasteiger partial charge in [0.05, 0.1) is 19.1 Å². The summed E-state index contributed by atoms with van der Waals surface area (Å²) in [6.45, 7) is 0.917. The average molecular weight is 446 g/mol. The van der Waals surface area contributed by atoms with Gasteiger partial charge in [0.25, 0.3) is 0 Å². The second-order valence-corrected chi connectivity index (χ2v) is 10.00. The summed E-state index contributed by atoms with van der Waals surface area (Å²) in [6, 6.07) is 14.2. The van der Waals surface area contributed by atoms with E-state index in [0.29, 0.717) is 18.8 Å². The molecule has 1 fully saturated rings. The van der Waals surface area contributed by atoms with Gasteiger partial charge in [-0.1, -0.05) is 11.3 Å². The van der Waals surface area contributed by atoms with Gasteiger partial charge in [0.2, 0.25) is 10.0 Å². The lowest BCUT2D eigenvalue weighted by Crippen LogP contribution is -2.39. The van der Waals surface area contributed by atoms with Crippen LogP contribution < -0.4 is 9.47 Å². The zero-order valence-corrected chi connectivity index (χ0v) is 18.4. The van der Waals surface area contributed by atoms with Crippen LogP contribution in [0.5, 0.6) is 11.5 Å². The van der Waals surface area contributed by atoms with Crippen LogP contribution in [0.1, 0.15) is 23.8 Å². The highest BCUT2D eigenvalue weighted by molar-refractivity contribution is 7.89. The van der Waals surface area contributed by atoms with Crippen LogP contribution in [-0.4, -0.2) is 50.2 Å². The van der Waals surface area contributed by atoms with Crippen LogP contribution in [-0.2, 0) is 10.0 Å². The lowest BCUT2D eigenvalue weighted by Gasteiger charge is -2.30. The third kappa shape index (κ3) is 4.19. The van der Waals surface area contributed by atoms with Crippen molar-refractivity contribution in [1.82, 2.24) is 14.5 Å². The molecule has 1 aromatic heterocycles. The van der Waals surface area contributed by atoms with E-state index < -0.39 is 10.0 Å². The molecule has 0 N–H and O–H groups in total. The van der Waals surface area contributed by atoms with Gasteiger partial charge in [0.1, 0.15) is 21.5 Å². The first kappa shape index (κ1) is 20.8. The molecule has 1 saturated heterocycles. The molecule has 3 aromatic rings. The molecule has 2 heterocycles. The molecule has 0 bridgehead atoms. The monoisotopic (exact) mass is 445 g/mol. The second-order valence-electron chi connectivity index (χ2n) is 7.05. The summed E-state index contributed by atoms with van der Waals surface area (Å²) in [5.74, 6) is 1.46. The highest BCUT2D eigenvalue weighted by atomic mass is 32.2. The Morgan fingerprint density at radius 2 is 1.60 bits per heavy atom. The van der Waals surface area contributed by atoms with Crippen molar-refractivity contribution in [2.45, 2.75) is 23.7 Å². The third-order valence-electron chi connectivity index (χ3n) is 5.21. The predicted octanol–water partition coefficient (Wildman–Crippen LogP) is 3.79. The maximum atomic E-state index is 13.1. The Kier molecular flexibility index (Phi) is 6.03. The molecule has 1 aliphatic rings. The summed E-state index contributed by atoms with van der Waals surface area (Å²) >= 11 is 1.52. The summed E-state index contributed by atoms with van der Waals surface area (Å²) in [7, 11) is -0.372. The van der Waals surface area contributed by atoms with E-state index in [9.17, 15) is 8.42 Å². The number of hydrogen-bond donors (Lipinski definition) is 0. The van der Waals surface area contributed by atoms with Gasteiger partial charge < -0.3 is 9.47 Å². The number of aromatic nitrogens is 2. The van der Waals surface area contributed by atoms with Crippen LogP contribution in [0.4, 0.5) is 0 Å². The van der Waals surface area contributed by atoms with Gasteiger partial charge in [-0.2, -0.15) is 4.31 Å². The first-order valence-corrected chi connectivity index (χ1v) is 11.9.